The molecule has 1 aromatic carbocycles. The summed E-state index contributed by atoms with van der Waals surface area (Å²) in [6.45, 7) is 6.08. The summed E-state index contributed by atoms with van der Waals surface area (Å²) < 4.78 is 38.2. The zero-order valence-electron chi connectivity index (χ0n) is 16.3. The molecule has 0 atom stereocenters. The first-order chi connectivity index (χ1) is 12.4. The van der Waals surface area contributed by atoms with Crippen molar-refractivity contribution < 1.29 is 22.6 Å². The SMILES string of the molecule is CCNC(=NCCOCCS(C)(=O)=O)Nc1ccc(OCC)c(OC)c1.I. The summed E-state index contributed by atoms with van der Waals surface area (Å²) in [5.74, 6) is 1.94. The summed E-state index contributed by atoms with van der Waals surface area (Å²) in [4.78, 5) is 4.40. The molecule has 2 N–H and O–H groups in total. The predicted molar refractivity (Wildman–Crippen MR) is 120 cm³/mol. The molecule has 27 heavy (non-hydrogen) atoms. The van der Waals surface area contributed by atoms with Crippen LogP contribution in [0, 0.1) is 0 Å². The van der Waals surface area contributed by atoms with Crippen LogP contribution in [0.4, 0.5) is 5.69 Å². The van der Waals surface area contributed by atoms with Crippen molar-refractivity contribution in [3.05, 3.63) is 18.2 Å². The van der Waals surface area contributed by atoms with Gasteiger partial charge in [0, 0.05) is 24.6 Å². The number of hydrogen-bond acceptors (Lipinski definition) is 6. The van der Waals surface area contributed by atoms with E-state index in [0.717, 1.165) is 5.69 Å². The Morgan fingerprint density at radius 3 is 2.52 bits per heavy atom. The molecule has 156 valence electrons. The van der Waals surface area contributed by atoms with E-state index in [1.807, 2.05) is 32.0 Å². The molecule has 0 aliphatic rings. The van der Waals surface area contributed by atoms with Gasteiger partial charge in [0.25, 0.3) is 0 Å². The lowest BCUT2D eigenvalue weighted by Crippen LogP contribution is -2.31. The first-order valence-corrected chi connectivity index (χ1v) is 10.6. The van der Waals surface area contributed by atoms with Crippen molar-refractivity contribution in [2.24, 2.45) is 4.99 Å². The van der Waals surface area contributed by atoms with Crippen molar-refractivity contribution in [1.29, 1.82) is 0 Å². The number of methoxy groups -OCH3 is 1. The fraction of sp³-hybridized carbons (Fsp3) is 0.588. The van der Waals surface area contributed by atoms with E-state index in [-0.39, 0.29) is 36.3 Å². The van der Waals surface area contributed by atoms with E-state index in [1.165, 1.54) is 6.26 Å². The summed E-state index contributed by atoms with van der Waals surface area (Å²) in [5, 5.41) is 6.33. The molecule has 0 radical (unpaired) electrons. The van der Waals surface area contributed by atoms with Crippen molar-refractivity contribution >= 4 is 45.5 Å². The van der Waals surface area contributed by atoms with E-state index in [9.17, 15) is 8.42 Å². The maximum absolute atomic E-state index is 11.0. The number of nitrogens with zero attached hydrogens (tertiary/aromatic N) is 1. The molecule has 0 fully saturated rings. The van der Waals surface area contributed by atoms with E-state index in [2.05, 4.69) is 15.6 Å². The summed E-state index contributed by atoms with van der Waals surface area (Å²) in [5.41, 5.74) is 0.808. The number of sulfone groups is 1. The molecule has 10 heteroatoms. The molecule has 0 heterocycles. The van der Waals surface area contributed by atoms with Gasteiger partial charge in [-0.1, -0.05) is 0 Å². The standard InChI is InChI=1S/C17H29N3O5S.HI/c1-5-18-17(19-9-10-24-11-12-26(4,21)22)20-14-7-8-15(25-6-2)16(13-14)23-3;/h7-8,13H,5-6,9-12H2,1-4H3,(H2,18,19,20);1H. The van der Waals surface area contributed by atoms with Crippen molar-refractivity contribution in [2.45, 2.75) is 13.8 Å². The van der Waals surface area contributed by atoms with Crippen molar-refractivity contribution in [3.8, 4) is 11.5 Å². The molecule has 8 nitrogen and oxygen atoms in total. The zero-order chi connectivity index (χ0) is 19.4. The Morgan fingerprint density at radius 2 is 1.93 bits per heavy atom. The second-order valence-corrected chi connectivity index (χ2v) is 7.69. The van der Waals surface area contributed by atoms with Crippen LogP contribution in [-0.4, -0.2) is 66.4 Å². The molecule has 0 spiro atoms. The molecule has 0 aliphatic heterocycles. The van der Waals surface area contributed by atoms with Crippen LogP contribution in [0.5, 0.6) is 11.5 Å². The molecule has 1 aromatic rings. The lowest BCUT2D eigenvalue weighted by atomic mass is 10.2. The summed E-state index contributed by atoms with van der Waals surface area (Å²) in [6, 6.07) is 5.55. The molecule has 0 saturated heterocycles. The molecule has 0 aromatic heterocycles. The second kappa shape index (κ2) is 13.8. The van der Waals surface area contributed by atoms with E-state index in [4.69, 9.17) is 14.2 Å². The van der Waals surface area contributed by atoms with Gasteiger partial charge >= 0.3 is 0 Å². The van der Waals surface area contributed by atoms with E-state index in [1.54, 1.807) is 7.11 Å². The van der Waals surface area contributed by atoms with E-state index in [0.29, 0.717) is 43.8 Å². The lowest BCUT2D eigenvalue weighted by Gasteiger charge is -2.14. The number of rotatable bonds is 11. The fourth-order valence-corrected chi connectivity index (χ4v) is 2.42. The van der Waals surface area contributed by atoms with Gasteiger partial charge in [-0.25, -0.2) is 8.42 Å². The minimum atomic E-state index is -3.00. The molecule has 0 unspecified atom stereocenters. The molecule has 0 amide bonds. The number of aliphatic imine (C=N–C) groups is 1. The fourth-order valence-electron chi connectivity index (χ4n) is 2.00. The second-order valence-electron chi connectivity index (χ2n) is 5.43. The van der Waals surface area contributed by atoms with Crippen LogP contribution in [0.3, 0.4) is 0 Å². The predicted octanol–water partition coefficient (Wildman–Crippen LogP) is 2.15. The number of nitrogens with one attached hydrogen (secondary N) is 2. The van der Waals surface area contributed by atoms with Gasteiger partial charge in [-0.2, -0.15) is 0 Å². The quantitative estimate of drug-likeness (QED) is 0.202. The number of anilines is 1. The smallest absolute Gasteiger partial charge is 0.195 e. The number of ether oxygens (including phenoxy) is 3. The van der Waals surface area contributed by atoms with Gasteiger partial charge < -0.3 is 24.8 Å². The highest BCUT2D eigenvalue weighted by atomic mass is 127. The summed E-state index contributed by atoms with van der Waals surface area (Å²) in [6.07, 6.45) is 1.19. The van der Waals surface area contributed by atoms with E-state index >= 15 is 0 Å². The van der Waals surface area contributed by atoms with E-state index < -0.39 is 9.84 Å². The topological polar surface area (TPSA) is 98.3 Å². The van der Waals surface area contributed by atoms with Crippen LogP contribution >= 0.6 is 24.0 Å². The molecule has 0 aliphatic carbocycles. The lowest BCUT2D eigenvalue weighted by molar-refractivity contribution is 0.157. The monoisotopic (exact) mass is 515 g/mol. The van der Waals surface area contributed by atoms with Crippen molar-refractivity contribution in [3.63, 3.8) is 0 Å². The average molecular weight is 515 g/mol. The highest BCUT2D eigenvalue weighted by molar-refractivity contribution is 14.0. The minimum Gasteiger partial charge on any atom is -0.493 e. The summed E-state index contributed by atoms with van der Waals surface area (Å²) in [7, 11) is -1.41. The normalized spacial score (nSPS) is 11.5. The molecule has 0 saturated carbocycles. The summed E-state index contributed by atoms with van der Waals surface area (Å²) >= 11 is 0. The maximum atomic E-state index is 11.0. The number of guanidine groups is 1. The Hall–Kier alpha value is -1.27. The third kappa shape index (κ3) is 11.2. The Bertz CT molecular complexity index is 683. The third-order valence-corrected chi connectivity index (χ3v) is 4.08. The van der Waals surface area contributed by atoms with Gasteiger partial charge in [-0.05, 0) is 26.0 Å². The molecular formula is C17H30IN3O5S. The maximum Gasteiger partial charge on any atom is 0.195 e. The Morgan fingerprint density at radius 1 is 1.19 bits per heavy atom. The number of benzene rings is 1. The van der Waals surface area contributed by atoms with Crippen molar-refractivity contribution in [2.75, 3.05) is 57.3 Å². The van der Waals surface area contributed by atoms with Gasteiger partial charge in [-0.3, -0.25) is 4.99 Å². The zero-order valence-corrected chi connectivity index (χ0v) is 19.4. The average Bonchev–Trinajstić information content (AvgIpc) is 2.58. The molecule has 1 rings (SSSR count). The minimum absolute atomic E-state index is 0. The van der Waals surface area contributed by atoms with Crippen LogP contribution in [0.1, 0.15) is 13.8 Å². The first kappa shape index (κ1) is 25.7. The van der Waals surface area contributed by atoms with Gasteiger partial charge in [0.2, 0.25) is 0 Å². The van der Waals surface area contributed by atoms with Gasteiger partial charge in [0.1, 0.15) is 9.84 Å². The highest BCUT2D eigenvalue weighted by Gasteiger charge is 2.07. The van der Waals surface area contributed by atoms with Crippen LogP contribution < -0.4 is 20.1 Å². The third-order valence-electron chi connectivity index (χ3n) is 3.17. The van der Waals surface area contributed by atoms with Gasteiger partial charge in [0.05, 0.1) is 39.2 Å². The first-order valence-electron chi connectivity index (χ1n) is 8.51. The van der Waals surface area contributed by atoms with Gasteiger partial charge in [-0.15, -0.1) is 24.0 Å². The van der Waals surface area contributed by atoms with Gasteiger partial charge in [0.15, 0.2) is 17.5 Å². The molecular weight excluding hydrogens is 485 g/mol. The Labute approximate surface area is 179 Å². The van der Waals surface area contributed by atoms with Crippen molar-refractivity contribution in [1.82, 2.24) is 5.32 Å². The number of halogens is 1. The Kier molecular flexibility index (Phi) is 13.2. The van der Waals surface area contributed by atoms with Crippen LogP contribution in [-0.2, 0) is 14.6 Å². The largest absolute Gasteiger partial charge is 0.493 e. The van der Waals surface area contributed by atoms with Crippen LogP contribution in [0.15, 0.2) is 23.2 Å². The van der Waals surface area contributed by atoms with Crippen LogP contribution in [0.2, 0.25) is 0 Å². The Balaban J connectivity index is 0.00000676. The molecule has 0 bridgehead atoms. The number of hydrogen-bond donors (Lipinski definition) is 2. The van der Waals surface area contributed by atoms with Crippen LogP contribution in [0.25, 0.3) is 0 Å². The highest BCUT2D eigenvalue weighted by Crippen LogP contribution is 2.30.